The van der Waals surface area contributed by atoms with E-state index in [1.807, 2.05) is 19.9 Å². The van der Waals surface area contributed by atoms with Gasteiger partial charge < -0.3 is 4.74 Å². The van der Waals surface area contributed by atoms with Gasteiger partial charge in [-0.1, -0.05) is 11.6 Å². The molecule has 0 amide bonds. The van der Waals surface area contributed by atoms with Crippen LogP contribution in [0.2, 0.25) is 5.02 Å². The summed E-state index contributed by atoms with van der Waals surface area (Å²) in [6.45, 7) is 4.76. The number of Topliss-reactive ketones (excluding diaryl/α,β-unsaturated/α-hetero) is 1. The van der Waals surface area contributed by atoms with Gasteiger partial charge in [0.2, 0.25) is 0 Å². The molecule has 0 aliphatic heterocycles. The predicted molar refractivity (Wildman–Crippen MR) is 76.8 cm³/mol. The first-order chi connectivity index (χ1) is 9.88. The Hall–Kier alpha value is -2.21. The lowest BCUT2D eigenvalue weighted by Gasteiger charge is -2.07. The van der Waals surface area contributed by atoms with Crippen LogP contribution in [0, 0.1) is 13.8 Å². The Morgan fingerprint density at radius 2 is 2.05 bits per heavy atom. The van der Waals surface area contributed by atoms with E-state index in [1.165, 1.54) is 6.92 Å². The molecule has 0 radical (unpaired) electrons. The number of hydrogen-bond donors (Lipinski definition) is 0. The van der Waals surface area contributed by atoms with Gasteiger partial charge >= 0.3 is 5.97 Å². The summed E-state index contributed by atoms with van der Waals surface area (Å²) >= 11 is 5.96. The zero-order valence-electron chi connectivity index (χ0n) is 11.9. The predicted octanol–water partition coefficient (Wildman–Crippen LogP) is 2.28. The standard InChI is InChI=1S/C14H14ClN3O3/c1-8-6-9(2)18(17-8)12-5-4-11(15)13(16-12)14(20)21-7-10(3)19/h4-6H,7H2,1-3H3. The quantitative estimate of drug-likeness (QED) is 0.810. The molecule has 110 valence electrons. The summed E-state index contributed by atoms with van der Waals surface area (Å²) in [5, 5.41) is 4.45. The fourth-order valence-electron chi connectivity index (χ4n) is 1.79. The molecule has 0 aliphatic carbocycles. The van der Waals surface area contributed by atoms with Gasteiger partial charge in [0.15, 0.2) is 17.3 Å². The van der Waals surface area contributed by atoms with Crippen LogP contribution in [0.1, 0.15) is 28.8 Å². The van der Waals surface area contributed by atoms with Crippen LogP contribution in [0.4, 0.5) is 0 Å². The summed E-state index contributed by atoms with van der Waals surface area (Å²) < 4.78 is 6.44. The zero-order valence-corrected chi connectivity index (χ0v) is 12.6. The van der Waals surface area contributed by atoms with Crippen molar-refractivity contribution >= 4 is 23.4 Å². The molecule has 0 saturated heterocycles. The van der Waals surface area contributed by atoms with Crippen molar-refractivity contribution in [3.8, 4) is 5.82 Å². The van der Waals surface area contributed by atoms with Gasteiger partial charge in [-0.2, -0.15) is 5.10 Å². The number of ketones is 1. The summed E-state index contributed by atoms with van der Waals surface area (Å²) in [5.74, 6) is -0.535. The Labute approximate surface area is 126 Å². The maximum atomic E-state index is 11.9. The molecule has 7 heteroatoms. The Morgan fingerprint density at radius 3 is 2.62 bits per heavy atom. The molecule has 6 nitrogen and oxygen atoms in total. The molecule has 0 saturated carbocycles. The number of rotatable bonds is 4. The van der Waals surface area contributed by atoms with Crippen LogP contribution >= 0.6 is 11.6 Å². The number of carbonyl (C=O) groups is 2. The van der Waals surface area contributed by atoms with Gasteiger partial charge in [0, 0.05) is 5.69 Å². The van der Waals surface area contributed by atoms with Crippen molar-refractivity contribution in [1.29, 1.82) is 0 Å². The minimum Gasteiger partial charge on any atom is -0.453 e. The largest absolute Gasteiger partial charge is 0.453 e. The van der Waals surface area contributed by atoms with E-state index in [2.05, 4.69) is 10.1 Å². The number of pyridine rings is 1. The molecule has 0 aliphatic rings. The van der Waals surface area contributed by atoms with Crippen molar-refractivity contribution in [3.05, 3.63) is 40.3 Å². The van der Waals surface area contributed by atoms with Gasteiger partial charge in [0.1, 0.15) is 6.61 Å². The highest BCUT2D eigenvalue weighted by molar-refractivity contribution is 6.33. The van der Waals surface area contributed by atoms with Crippen LogP contribution in [-0.4, -0.2) is 33.1 Å². The van der Waals surface area contributed by atoms with E-state index in [1.54, 1.807) is 16.8 Å². The van der Waals surface area contributed by atoms with Crippen molar-refractivity contribution < 1.29 is 14.3 Å². The molecule has 21 heavy (non-hydrogen) atoms. The molecular weight excluding hydrogens is 294 g/mol. The molecule has 0 unspecified atom stereocenters. The van der Waals surface area contributed by atoms with Crippen molar-refractivity contribution in [1.82, 2.24) is 14.8 Å². The lowest BCUT2D eigenvalue weighted by molar-refractivity contribution is -0.120. The van der Waals surface area contributed by atoms with E-state index in [0.29, 0.717) is 5.82 Å². The third-order valence-electron chi connectivity index (χ3n) is 2.66. The number of halogens is 1. The summed E-state index contributed by atoms with van der Waals surface area (Å²) in [6, 6.07) is 5.10. The Bertz CT molecular complexity index is 709. The second-order valence-corrected chi connectivity index (χ2v) is 5.02. The second-order valence-electron chi connectivity index (χ2n) is 4.62. The lowest BCUT2D eigenvalue weighted by Crippen LogP contribution is -2.14. The number of carbonyl (C=O) groups excluding carboxylic acids is 2. The molecule has 2 rings (SSSR count). The van der Waals surface area contributed by atoms with E-state index >= 15 is 0 Å². The average Bonchev–Trinajstić information content (AvgIpc) is 2.75. The highest BCUT2D eigenvalue weighted by atomic mass is 35.5. The number of ether oxygens (including phenoxy) is 1. The summed E-state index contributed by atoms with van der Waals surface area (Å²) in [5.41, 5.74) is 1.68. The van der Waals surface area contributed by atoms with Crippen LogP contribution in [-0.2, 0) is 9.53 Å². The molecule has 2 aromatic rings. The van der Waals surface area contributed by atoms with Crippen LogP contribution in [0.5, 0.6) is 0 Å². The van der Waals surface area contributed by atoms with Gasteiger partial charge in [0.05, 0.1) is 10.7 Å². The highest BCUT2D eigenvalue weighted by Gasteiger charge is 2.17. The van der Waals surface area contributed by atoms with E-state index < -0.39 is 5.97 Å². The van der Waals surface area contributed by atoms with Crippen molar-refractivity contribution in [2.75, 3.05) is 6.61 Å². The lowest BCUT2D eigenvalue weighted by atomic mass is 10.3. The molecule has 2 heterocycles. The molecule has 0 bridgehead atoms. The topological polar surface area (TPSA) is 74.1 Å². The second kappa shape index (κ2) is 6.05. The number of nitrogens with zero attached hydrogens (tertiary/aromatic N) is 3. The Morgan fingerprint density at radius 1 is 1.33 bits per heavy atom. The molecule has 0 fully saturated rings. The van der Waals surface area contributed by atoms with E-state index in [4.69, 9.17) is 16.3 Å². The molecule has 0 aromatic carbocycles. The first-order valence-electron chi connectivity index (χ1n) is 6.25. The maximum absolute atomic E-state index is 11.9. The SMILES string of the molecule is CC(=O)COC(=O)c1nc(-n2nc(C)cc2C)ccc1Cl. The minimum atomic E-state index is -0.737. The molecule has 0 atom stereocenters. The number of aromatic nitrogens is 3. The van der Waals surface area contributed by atoms with Crippen LogP contribution in [0.25, 0.3) is 5.82 Å². The van der Waals surface area contributed by atoms with E-state index in [0.717, 1.165) is 11.4 Å². The van der Waals surface area contributed by atoms with Gasteiger partial charge in [-0.3, -0.25) is 4.79 Å². The van der Waals surface area contributed by atoms with Crippen molar-refractivity contribution in [2.45, 2.75) is 20.8 Å². The van der Waals surface area contributed by atoms with Crippen LogP contribution in [0.3, 0.4) is 0 Å². The average molecular weight is 308 g/mol. The summed E-state index contributed by atoms with van der Waals surface area (Å²) in [7, 11) is 0. The zero-order chi connectivity index (χ0) is 15.6. The van der Waals surface area contributed by atoms with E-state index in [9.17, 15) is 9.59 Å². The fourth-order valence-corrected chi connectivity index (χ4v) is 1.97. The normalized spacial score (nSPS) is 10.5. The monoisotopic (exact) mass is 307 g/mol. The smallest absolute Gasteiger partial charge is 0.359 e. The first kappa shape index (κ1) is 15.2. The molecule has 2 aromatic heterocycles. The van der Waals surface area contributed by atoms with Gasteiger partial charge in [-0.25, -0.2) is 14.5 Å². The van der Waals surface area contributed by atoms with Crippen LogP contribution < -0.4 is 0 Å². The first-order valence-corrected chi connectivity index (χ1v) is 6.63. The van der Waals surface area contributed by atoms with E-state index in [-0.39, 0.29) is 23.1 Å². The number of esters is 1. The minimum absolute atomic E-state index is 0.0389. The maximum Gasteiger partial charge on any atom is 0.359 e. The summed E-state index contributed by atoms with van der Waals surface area (Å²) in [6.07, 6.45) is 0. The third-order valence-corrected chi connectivity index (χ3v) is 2.96. The van der Waals surface area contributed by atoms with Gasteiger partial charge in [-0.05, 0) is 39.0 Å². The Balaban J connectivity index is 2.35. The van der Waals surface area contributed by atoms with Gasteiger partial charge in [-0.15, -0.1) is 0 Å². The molecular formula is C14H14ClN3O3. The number of aryl methyl sites for hydroxylation is 2. The van der Waals surface area contributed by atoms with Crippen molar-refractivity contribution in [3.63, 3.8) is 0 Å². The fraction of sp³-hybridized carbons (Fsp3) is 0.286. The number of hydrogen-bond acceptors (Lipinski definition) is 5. The van der Waals surface area contributed by atoms with Crippen LogP contribution in [0.15, 0.2) is 18.2 Å². The summed E-state index contributed by atoms with van der Waals surface area (Å²) in [4.78, 5) is 26.9. The van der Waals surface area contributed by atoms with Crippen molar-refractivity contribution in [2.24, 2.45) is 0 Å². The highest BCUT2D eigenvalue weighted by Crippen LogP contribution is 2.18. The third kappa shape index (κ3) is 3.46. The molecule has 0 spiro atoms. The van der Waals surface area contributed by atoms with Gasteiger partial charge in [0.25, 0.3) is 0 Å². The Kier molecular flexibility index (Phi) is 4.37. The molecule has 0 N–H and O–H groups in total.